The van der Waals surface area contributed by atoms with Gasteiger partial charge in [0.05, 0.1) is 0 Å². The molecule has 0 aromatic rings. The molecule has 0 fully saturated rings. The molecular weight excluding hydrogens is 110 g/mol. The van der Waals surface area contributed by atoms with Crippen LogP contribution in [0.25, 0.3) is 0 Å². The summed E-state index contributed by atoms with van der Waals surface area (Å²) < 4.78 is 0. The van der Waals surface area contributed by atoms with Crippen LogP contribution in [0, 0.1) is 0 Å². The molecule has 0 saturated carbocycles. The van der Waals surface area contributed by atoms with Crippen LogP contribution in [0.3, 0.4) is 0 Å². The number of hydrogen-bond donors (Lipinski definition) is 3. The number of rotatable bonds is 3. The van der Waals surface area contributed by atoms with Crippen molar-refractivity contribution in [2.24, 2.45) is 5.73 Å². The molecule has 7 heavy (non-hydrogen) atoms. The van der Waals surface area contributed by atoms with Crippen LogP contribution in [0.5, 0.6) is 0 Å². The zero-order chi connectivity index (χ0) is 5.70. The largest absolute Gasteiger partial charge is 0.413 e. The quantitative estimate of drug-likeness (QED) is 0.400. The highest BCUT2D eigenvalue weighted by Crippen LogP contribution is 1.86. The Hall–Kier alpha value is 0.0969. The molecule has 0 atom stereocenters. The van der Waals surface area contributed by atoms with Crippen molar-refractivity contribution in [1.29, 1.82) is 0 Å². The van der Waals surface area contributed by atoms with Crippen molar-refractivity contribution in [3.63, 3.8) is 0 Å². The van der Waals surface area contributed by atoms with Gasteiger partial charge in [0.15, 0.2) is 0 Å². The minimum absolute atomic E-state index is 0.524. The molecule has 0 rings (SSSR count). The van der Waals surface area contributed by atoms with Crippen LogP contribution < -0.4 is 5.73 Å². The predicted molar refractivity (Wildman–Crippen MR) is 30.1 cm³/mol. The smallest absolute Gasteiger partial charge is 0.316 e. The zero-order valence-electron chi connectivity index (χ0n) is 4.17. The lowest BCUT2D eigenvalue weighted by Gasteiger charge is -1.94. The van der Waals surface area contributed by atoms with Crippen LogP contribution in [0.4, 0.5) is 0 Å². The first-order chi connectivity index (χ1) is 3.27. The van der Waals surface area contributed by atoms with Crippen LogP contribution in [0.1, 0.15) is 6.42 Å². The standard InChI is InChI=1S/C3H11NO2Si/c4-2-1-3-7(5)6/h5-7H,1-4H2. The Morgan fingerprint density at radius 3 is 2.14 bits per heavy atom. The maximum absolute atomic E-state index is 8.32. The van der Waals surface area contributed by atoms with E-state index in [1.807, 2.05) is 0 Å². The molecule has 0 bridgehead atoms. The Labute approximate surface area is 44.6 Å². The first kappa shape index (κ1) is 7.10. The Morgan fingerprint density at radius 1 is 1.43 bits per heavy atom. The van der Waals surface area contributed by atoms with Crippen molar-refractivity contribution in [2.45, 2.75) is 12.5 Å². The van der Waals surface area contributed by atoms with Crippen LogP contribution in [-0.2, 0) is 0 Å². The molecule has 0 spiro atoms. The lowest BCUT2D eigenvalue weighted by molar-refractivity contribution is 0.403. The summed E-state index contributed by atoms with van der Waals surface area (Å²) in [7, 11) is -2.27. The lowest BCUT2D eigenvalue weighted by Crippen LogP contribution is -2.12. The highest BCUT2D eigenvalue weighted by molar-refractivity contribution is 6.40. The van der Waals surface area contributed by atoms with Gasteiger partial charge in [-0.25, -0.2) is 0 Å². The van der Waals surface area contributed by atoms with Crippen LogP contribution in [0.2, 0.25) is 6.04 Å². The summed E-state index contributed by atoms with van der Waals surface area (Å²) in [6.07, 6.45) is 0.740. The molecule has 44 valence electrons. The molecule has 0 amide bonds. The molecule has 0 radical (unpaired) electrons. The Bertz CT molecular complexity index is 41.9. The van der Waals surface area contributed by atoms with E-state index in [0.717, 1.165) is 6.42 Å². The minimum Gasteiger partial charge on any atom is -0.413 e. The SMILES string of the molecule is NCCC[SiH](O)O. The average molecular weight is 121 g/mol. The number of nitrogens with two attached hydrogens (primary N) is 1. The Kier molecular flexibility index (Phi) is 4.32. The van der Waals surface area contributed by atoms with Crippen molar-refractivity contribution in [1.82, 2.24) is 0 Å². The molecule has 4 heteroatoms. The topological polar surface area (TPSA) is 66.5 Å². The third kappa shape index (κ3) is 6.10. The van der Waals surface area contributed by atoms with Gasteiger partial charge in [0.1, 0.15) is 0 Å². The van der Waals surface area contributed by atoms with Gasteiger partial charge in [-0.2, -0.15) is 0 Å². The van der Waals surface area contributed by atoms with Crippen molar-refractivity contribution in [3.05, 3.63) is 0 Å². The summed E-state index contributed by atoms with van der Waals surface area (Å²) in [6, 6.07) is 0.524. The van der Waals surface area contributed by atoms with Gasteiger partial charge in [0.25, 0.3) is 0 Å². The van der Waals surface area contributed by atoms with Gasteiger partial charge >= 0.3 is 9.28 Å². The van der Waals surface area contributed by atoms with E-state index in [4.69, 9.17) is 15.3 Å². The summed E-state index contributed by atoms with van der Waals surface area (Å²) in [6.45, 7) is 0.560. The summed E-state index contributed by atoms with van der Waals surface area (Å²) in [4.78, 5) is 16.6. The third-order valence-electron chi connectivity index (χ3n) is 0.666. The van der Waals surface area contributed by atoms with E-state index >= 15 is 0 Å². The first-order valence-corrected chi connectivity index (χ1v) is 4.18. The average Bonchev–Trinajstić information content (AvgIpc) is 1.61. The molecule has 0 unspecified atom stereocenters. The molecule has 0 aromatic carbocycles. The predicted octanol–water partition coefficient (Wildman–Crippen LogP) is -1.46. The summed E-state index contributed by atoms with van der Waals surface area (Å²) >= 11 is 0. The molecule has 0 heterocycles. The lowest BCUT2D eigenvalue weighted by atomic mass is 10.5. The van der Waals surface area contributed by atoms with E-state index in [-0.39, 0.29) is 0 Å². The van der Waals surface area contributed by atoms with Gasteiger partial charge in [-0.1, -0.05) is 0 Å². The van der Waals surface area contributed by atoms with Crippen molar-refractivity contribution in [3.8, 4) is 0 Å². The fourth-order valence-electron chi connectivity index (χ4n) is 0.300. The molecule has 4 N–H and O–H groups in total. The highest BCUT2D eigenvalue weighted by atomic mass is 28.3. The van der Waals surface area contributed by atoms with Gasteiger partial charge in [0.2, 0.25) is 0 Å². The second kappa shape index (κ2) is 4.26. The zero-order valence-corrected chi connectivity index (χ0v) is 5.33. The summed E-state index contributed by atoms with van der Waals surface area (Å²) in [5.74, 6) is 0. The van der Waals surface area contributed by atoms with E-state index in [2.05, 4.69) is 0 Å². The second-order valence-corrected chi connectivity index (χ2v) is 2.95. The maximum Gasteiger partial charge on any atom is 0.316 e. The Morgan fingerprint density at radius 2 is 2.00 bits per heavy atom. The molecule has 0 aliphatic rings. The van der Waals surface area contributed by atoms with E-state index in [9.17, 15) is 0 Å². The van der Waals surface area contributed by atoms with Crippen molar-refractivity contribution < 1.29 is 9.59 Å². The second-order valence-electron chi connectivity index (χ2n) is 1.41. The summed E-state index contributed by atoms with van der Waals surface area (Å²) in [5, 5.41) is 0. The van der Waals surface area contributed by atoms with Crippen LogP contribution >= 0.6 is 0 Å². The van der Waals surface area contributed by atoms with E-state index < -0.39 is 9.28 Å². The van der Waals surface area contributed by atoms with Gasteiger partial charge < -0.3 is 15.3 Å². The number of hydrogen-bond acceptors (Lipinski definition) is 3. The molecule has 0 aliphatic carbocycles. The van der Waals surface area contributed by atoms with Gasteiger partial charge in [0, 0.05) is 0 Å². The first-order valence-electron chi connectivity index (χ1n) is 2.33. The third-order valence-corrected chi connectivity index (χ3v) is 1.59. The fraction of sp³-hybridized carbons (Fsp3) is 1.00. The van der Waals surface area contributed by atoms with Crippen LogP contribution in [0.15, 0.2) is 0 Å². The van der Waals surface area contributed by atoms with E-state index in [1.54, 1.807) is 0 Å². The van der Waals surface area contributed by atoms with E-state index in [0.29, 0.717) is 12.6 Å². The van der Waals surface area contributed by atoms with Gasteiger partial charge in [-0.15, -0.1) is 0 Å². The summed E-state index contributed by atoms with van der Waals surface area (Å²) in [5.41, 5.74) is 5.08. The van der Waals surface area contributed by atoms with Crippen molar-refractivity contribution >= 4 is 9.28 Å². The van der Waals surface area contributed by atoms with Gasteiger partial charge in [-0.3, -0.25) is 0 Å². The molecule has 0 saturated heterocycles. The Balaban J connectivity index is 2.68. The highest BCUT2D eigenvalue weighted by Gasteiger charge is 1.97. The molecular formula is C3H11NO2Si. The van der Waals surface area contributed by atoms with Crippen LogP contribution in [-0.4, -0.2) is 25.4 Å². The minimum atomic E-state index is -2.27. The van der Waals surface area contributed by atoms with E-state index in [1.165, 1.54) is 0 Å². The molecule has 0 aromatic heterocycles. The molecule has 0 aliphatic heterocycles. The normalized spacial score (nSPS) is 10.3. The van der Waals surface area contributed by atoms with Gasteiger partial charge in [-0.05, 0) is 19.0 Å². The fourth-order valence-corrected chi connectivity index (χ4v) is 0.901. The van der Waals surface area contributed by atoms with Crippen molar-refractivity contribution in [2.75, 3.05) is 6.54 Å². The molecule has 3 nitrogen and oxygen atoms in total. The maximum atomic E-state index is 8.32. The monoisotopic (exact) mass is 121 g/mol.